The lowest BCUT2D eigenvalue weighted by Crippen LogP contribution is -2.26. The molecule has 0 aliphatic heterocycles. The third-order valence-electron chi connectivity index (χ3n) is 12.8. The molecule has 0 radical (unpaired) electrons. The molecule has 1 atom stereocenters. The molecule has 266 valence electrons. The summed E-state index contributed by atoms with van der Waals surface area (Å²) < 4.78 is 2.41. The number of rotatable bonds is 5. The first-order valence-electron chi connectivity index (χ1n) is 20.0. The smallest absolute Gasteiger partial charge is 0.0725 e. The average Bonchev–Trinajstić information content (AvgIpc) is 3.89. The fraction of sp³-hybridized carbons (Fsp3) is 0.0357. The van der Waals surface area contributed by atoms with Gasteiger partial charge in [-0.25, -0.2) is 0 Å². The Morgan fingerprint density at radius 2 is 0.789 bits per heavy atom. The lowest BCUT2D eigenvalue weighted by molar-refractivity contribution is 0.790. The van der Waals surface area contributed by atoms with Gasteiger partial charge in [-0.1, -0.05) is 188 Å². The van der Waals surface area contributed by atoms with E-state index in [-0.39, 0.29) is 5.92 Å². The summed E-state index contributed by atoms with van der Waals surface area (Å²) in [5.41, 5.74) is 20.3. The van der Waals surface area contributed by atoms with Crippen LogP contribution < -0.4 is 0 Å². The van der Waals surface area contributed by atoms with Gasteiger partial charge in [-0.2, -0.15) is 0 Å². The molecule has 2 aliphatic carbocycles. The van der Waals surface area contributed by atoms with Gasteiger partial charge in [0.15, 0.2) is 0 Å². The van der Waals surface area contributed by atoms with Crippen LogP contribution >= 0.6 is 0 Å². The zero-order valence-electron chi connectivity index (χ0n) is 31.3. The third kappa shape index (κ3) is 4.57. The SMILES string of the molecule is c1ccc(-c2ccc(C(c3ccc4c(c3)C3(c5ccccc5-c5ccccc53)c3ccccc3-4)c3ccc4c(c3)c3ccccc3n4-c3ccccc3)cc2)cc1. The average molecular weight is 724 g/mol. The molecule has 0 N–H and O–H groups in total. The third-order valence-corrected chi connectivity index (χ3v) is 12.8. The van der Waals surface area contributed by atoms with Gasteiger partial charge in [-0.05, 0) is 103 Å². The molecule has 10 aromatic rings. The van der Waals surface area contributed by atoms with Crippen LogP contribution in [-0.2, 0) is 5.41 Å². The number of fused-ring (bicyclic) bond motifs is 13. The van der Waals surface area contributed by atoms with E-state index in [4.69, 9.17) is 0 Å². The summed E-state index contributed by atoms with van der Waals surface area (Å²) in [7, 11) is 0. The van der Waals surface area contributed by atoms with Crippen LogP contribution in [0.3, 0.4) is 0 Å². The maximum atomic E-state index is 2.56. The predicted octanol–water partition coefficient (Wildman–Crippen LogP) is 14.0. The molecule has 9 aromatic carbocycles. The van der Waals surface area contributed by atoms with E-state index in [2.05, 4.69) is 223 Å². The molecule has 1 aromatic heterocycles. The van der Waals surface area contributed by atoms with Crippen LogP contribution in [0.25, 0.3) is 60.9 Å². The fourth-order valence-electron chi connectivity index (χ4n) is 10.4. The second kappa shape index (κ2) is 12.4. The summed E-state index contributed by atoms with van der Waals surface area (Å²) in [4.78, 5) is 0. The van der Waals surface area contributed by atoms with Gasteiger partial charge in [0.25, 0.3) is 0 Å². The molecular weight excluding hydrogens is 687 g/mol. The lowest BCUT2D eigenvalue weighted by atomic mass is 9.70. The van der Waals surface area contributed by atoms with Crippen LogP contribution in [0.1, 0.15) is 44.9 Å². The van der Waals surface area contributed by atoms with Crippen molar-refractivity contribution in [3.63, 3.8) is 0 Å². The quantitative estimate of drug-likeness (QED) is 0.156. The Morgan fingerprint density at radius 3 is 1.46 bits per heavy atom. The number of hydrogen-bond acceptors (Lipinski definition) is 0. The summed E-state index contributed by atoms with van der Waals surface area (Å²) in [5, 5.41) is 2.53. The van der Waals surface area contributed by atoms with Gasteiger partial charge < -0.3 is 4.57 Å². The van der Waals surface area contributed by atoms with Crippen molar-refractivity contribution in [3.05, 3.63) is 257 Å². The van der Waals surface area contributed by atoms with Crippen molar-refractivity contribution < 1.29 is 0 Å². The molecule has 1 heteroatoms. The Bertz CT molecular complexity index is 3110. The van der Waals surface area contributed by atoms with Crippen LogP contribution in [0.2, 0.25) is 0 Å². The molecule has 2 aliphatic rings. The number of benzene rings is 9. The Morgan fingerprint density at radius 1 is 0.316 bits per heavy atom. The minimum atomic E-state index is -0.399. The lowest BCUT2D eigenvalue weighted by Gasteiger charge is -2.31. The van der Waals surface area contributed by atoms with Gasteiger partial charge in [0.1, 0.15) is 0 Å². The first-order chi connectivity index (χ1) is 28.3. The van der Waals surface area contributed by atoms with Crippen LogP contribution in [0.15, 0.2) is 218 Å². The summed E-state index contributed by atoms with van der Waals surface area (Å²) >= 11 is 0. The van der Waals surface area contributed by atoms with E-state index in [1.807, 2.05) is 0 Å². The van der Waals surface area contributed by atoms with Crippen molar-refractivity contribution in [3.8, 4) is 39.1 Å². The van der Waals surface area contributed by atoms with Crippen molar-refractivity contribution in [2.75, 3.05) is 0 Å². The maximum absolute atomic E-state index is 2.56. The largest absolute Gasteiger partial charge is 0.309 e. The monoisotopic (exact) mass is 723 g/mol. The van der Waals surface area contributed by atoms with E-state index in [0.717, 1.165) is 0 Å². The summed E-state index contributed by atoms with van der Waals surface area (Å²) in [6.07, 6.45) is 0. The standard InChI is InChI=1S/C56H37N/c1-3-15-37(16-4-1)38-27-29-39(30-28-38)55(40-32-34-54-48(35-40)47-22-10-14-26-53(47)57(54)42-17-5-2-6-18-42)41-31-33-46-45-21-9-13-25-51(45)56(52(46)36-41)49-23-11-7-19-43(49)44-20-8-12-24-50(44)56/h1-36,55H. The van der Waals surface area contributed by atoms with E-state index in [0.29, 0.717) is 0 Å². The minimum absolute atomic E-state index is 0.00369. The molecule has 0 saturated heterocycles. The Hall–Kier alpha value is -7.22. The molecule has 0 fully saturated rings. The molecule has 0 saturated carbocycles. The van der Waals surface area contributed by atoms with Gasteiger partial charge in [-0.3, -0.25) is 0 Å². The van der Waals surface area contributed by atoms with E-state index in [9.17, 15) is 0 Å². The first kappa shape index (κ1) is 32.1. The highest BCUT2D eigenvalue weighted by Gasteiger charge is 2.51. The molecule has 1 nitrogen and oxygen atoms in total. The van der Waals surface area contributed by atoms with Gasteiger partial charge >= 0.3 is 0 Å². The van der Waals surface area contributed by atoms with E-state index < -0.39 is 5.41 Å². The van der Waals surface area contributed by atoms with Gasteiger partial charge in [0, 0.05) is 22.4 Å². The zero-order chi connectivity index (χ0) is 37.5. The normalized spacial score (nSPS) is 13.7. The second-order valence-electron chi connectivity index (χ2n) is 15.6. The molecular formula is C56H37N. The topological polar surface area (TPSA) is 4.93 Å². The molecule has 0 bridgehead atoms. The highest BCUT2D eigenvalue weighted by molar-refractivity contribution is 6.09. The Kier molecular flexibility index (Phi) is 6.97. The minimum Gasteiger partial charge on any atom is -0.309 e. The van der Waals surface area contributed by atoms with Gasteiger partial charge in [-0.15, -0.1) is 0 Å². The van der Waals surface area contributed by atoms with Crippen LogP contribution in [0.4, 0.5) is 0 Å². The highest BCUT2D eigenvalue weighted by atomic mass is 15.0. The molecule has 1 heterocycles. The molecule has 0 amide bonds. The van der Waals surface area contributed by atoms with Crippen LogP contribution in [0.5, 0.6) is 0 Å². The Balaban J connectivity index is 1.11. The fourth-order valence-corrected chi connectivity index (χ4v) is 10.4. The van der Waals surface area contributed by atoms with Crippen LogP contribution in [0, 0.1) is 0 Å². The number of hydrogen-bond donors (Lipinski definition) is 0. The van der Waals surface area contributed by atoms with Gasteiger partial charge in [0.05, 0.1) is 16.4 Å². The molecule has 12 rings (SSSR count). The maximum Gasteiger partial charge on any atom is 0.0725 e. The summed E-state index contributed by atoms with van der Waals surface area (Å²) in [6, 6.07) is 81.4. The highest BCUT2D eigenvalue weighted by Crippen LogP contribution is 2.63. The molecule has 1 unspecified atom stereocenters. The van der Waals surface area contributed by atoms with Crippen molar-refractivity contribution in [1.29, 1.82) is 0 Å². The van der Waals surface area contributed by atoms with Crippen molar-refractivity contribution in [1.82, 2.24) is 4.57 Å². The number of aromatic nitrogens is 1. The van der Waals surface area contributed by atoms with Gasteiger partial charge in [0.2, 0.25) is 0 Å². The summed E-state index contributed by atoms with van der Waals surface area (Å²) in [6.45, 7) is 0. The predicted molar refractivity (Wildman–Crippen MR) is 236 cm³/mol. The van der Waals surface area contributed by atoms with E-state index in [1.165, 1.54) is 99.8 Å². The van der Waals surface area contributed by atoms with E-state index >= 15 is 0 Å². The van der Waals surface area contributed by atoms with Crippen LogP contribution in [-0.4, -0.2) is 4.57 Å². The Labute approximate surface area is 332 Å². The number of para-hydroxylation sites is 2. The molecule has 57 heavy (non-hydrogen) atoms. The number of nitrogens with zero attached hydrogens (tertiary/aromatic N) is 1. The second-order valence-corrected chi connectivity index (χ2v) is 15.6. The van der Waals surface area contributed by atoms with Crippen molar-refractivity contribution in [2.24, 2.45) is 0 Å². The zero-order valence-corrected chi connectivity index (χ0v) is 31.3. The van der Waals surface area contributed by atoms with E-state index in [1.54, 1.807) is 0 Å². The molecule has 1 spiro atoms. The van der Waals surface area contributed by atoms with Crippen molar-refractivity contribution >= 4 is 21.8 Å². The van der Waals surface area contributed by atoms with Crippen molar-refractivity contribution in [2.45, 2.75) is 11.3 Å². The first-order valence-corrected chi connectivity index (χ1v) is 20.0. The summed E-state index contributed by atoms with van der Waals surface area (Å²) in [5.74, 6) is -0.00369.